The van der Waals surface area contributed by atoms with E-state index >= 15 is 0 Å². The van der Waals surface area contributed by atoms with Crippen LogP contribution in [0.2, 0.25) is 0 Å². The molecular weight excluding hydrogens is 365 g/mol. The maximum Gasteiger partial charge on any atom is 0.421 e. The third-order valence-electron chi connectivity index (χ3n) is 4.86. The minimum absolute atomic E-state index is 0.0199. The highest BCUT2D eigenvalue weighted by atomic mass is 19.4. The molecule has 0 saturated carbocycles. The number of alkyl halides is 3. The summed E-state index contributed by atoms with van der Waals surface area (Å²) in [5.41, 5.74) is -0.897. The van der Waals surface area contributed by atoms with Crippen LogP contribution in [-0.4, -0.2) is 59.6 Å². The fraction of sp³-hybridized carbons (Fsp3) is 0.588. The second-order valence-corrected chi connectivity index (χ2v) is 6.79. The van der Waals surface area contributed by atoms with E-state index in [9.17, 15) is 22.8 Å². The molecule has 2 aliphatic heterocycles. The van der Waals surface area contributed by atoms with E-state index in [-0.39, 0.29) is 24.9 Å². The van der Waals surface area contributed by atoms with Crippen LogP contribution in [0.4, 0.5) is 18.0 Å². The van der Waals surface area contributed by atoms with E-state index in [1.807, 2.05) is 4.90 Å². The average Bonchev–Trinajstić information content (AvgIpc) is 2.64. The molecule has 2 saturated heterocycles. The molecule has 2 atom stereocenters. The molecule has 1 aromatic heterocycles. The number of hydrogen-bond donors (Lipinski definition) is 1. The van der Waals surface area contributed by atoms with E-state index in [4.69, 9.17) is 4.74 Å². The standard InChI is InChI=1S/C17H21F3N4O3/c1-23-14(25)8-13(22-16(23)26)24-7-3-4-11(9-24)10-27-15-12(17(18,19)20)5-2-6-21-15/h2,5-6,11,13H,3-4,7-10H2,1H3,(H,22,26). The molecule has 0 spiro atoms. The summed E-state index contributed by atoms with van der Waals surface area (Å²) < 4.78 is 44.4. The third kappa shape index (κ3) is 4.49. The van der Waals surface area contributed by atoms with Gasteiger partial charge in [0.25, 0.3) is 0 Å². The number of nitrogens with one attached hydrogen (secondary N) is 1. The van der Waals surface area contributed by atoms with Gasteiger partial charge in [-0.05, 0) is 25.0 Å². The highest BCUT2D eigenvalue weighted by molar-refractivity contribution is 5.96. The molecule has 0 radical (unpaired) electrons. The maximum absolute atomic E-state index is 13.0. The van der Waals surface area contributed by atoms with Crippen LogP contribution < -0.4 is 10.1 Å². The van der Waals surface area contributed by atoms with Gasteiger partial charge in [-0.25, -0.2) is 9.78 Å². The Morgan fingerprint density at radius 3 is 2.85 bits per heavy atom. The predicted molar refractivity (Wildman–Crippen MR) is 88.7 cm³/mol. The van der Waals surface area contributed by atoms with E-state index < -0.39 is 29.8 Å². The Hall–Kier alpha value is -2.36. The summed E-state index contributed by atoms with van der Waals surface area (Å²) >= 11 is 0. The molecule has 2 fully saturated rings. The van der Waals surface area contributed by atoms with E-state index in [1.165, 1.54) is 19.3 Å². The van der Waals surface area contributed by atoms with Crippen molar-refractivity contribution in [2.24, 2.45) is 5.92 Å². The normalized spacial score (nSPS) is 24.7. The second kappa shape index (κ2) is 7.71. The van der Waals surface area contributed by atoms with Gasteiger partial charge in [0.15, 0.2) is 0 Å². The van der Waals surface area contributed by atoms with Crippen molar-refractivity contribution in [3.05, 3.63) is 23.9 Å². The summed E-state index contributed by atoms with van der Waals surface area (Å²) in [4.78, 5) is 30.4. The SMILES string of the molecule is CN1C(=O)CC(N2CCCC(COc3ncccc3C(F)(F)F)C2)NC1=O. The molecule has 0 aliphatic carbocycles. The lowest BCUT2D eigenvalue weighted by atomic mass is 9.98. The van der Waals surface area contributed by atoms with Crippen molar-refractivity contribution in [1.82, 2.24) is 20.1 Å². The van der Waals surface area contributed by atoms with Crippen molar-refractivity contribution in [2.75, 3.05) is 26.7 Å². The number of hydrogen-bond acceptors (Lipinski definition) is 5. The molecule has 3 amide bonds. The third-order valence-corrected chi connectivity index (χ3v) is 4.86. The zero-order valence-corrected chi connectivity index (χ0v) is 14.8. The summed E-state index contributed by atoms with van der Waals surface area (Å²) in [5.74, 6) is -0.705. The van der Waals surface area contributed by atoms with Crippen LogP contribution in [0.15, 0.2) is 18.3 Å². The number of halogens is 3. The smallest absolute Gasteiger partial charge is 0.421 e. The molecule has 0 bridgehead atoms. The molecule has 0 aromatic carbocycles. The monoisotopic (exact) mass is 386 g/mol. The number of amides is 3. The minimum Gasteiger partial charge on any atom is -0.477 e. The molecule has 1 aromatic rings. The summed E-state index contributed by atoms with van der Waals surface area (Å²) in [7, 11) is 1.42. The number of ether oxygens (including phenoxy) is 1. The second-order valence-electron chi connectivity index (χ2n) is 6.79. The number of likely N-dealkylation sites (tertiary alicyclic amines) is 1. The quantitative estimate of drug-likeness (QED) is 0.858. The number of carbonyl (C=O) groups excluding carboxylic acids is 2. The number of carbonyl (C=O) groups is 2. The molecule has 2 aliphatic rings. The van der Waals surface area contributed by atoms with Gasteiger partial charge < -0.3 is 10.1 Å². The molecule has 27 heavy (non-hydrogen) atoms. The van der Waals surface area contributed by atoms with Gasteiger partial charge in [-0.3, -0.25) is 14.6 Å². The molecule has 10 heteroatoms. The largest absolute Gasteiger partial charge is 0.477 e. The number of nitrogens with zero attached hydrogens (tertiary/aromatic N) is 3. The van der Waals surface area contributed by atoms with Crippen LogP contribution in [0.25, 0.3) is 0 Å². The van der Waals surface area contributed by atoms with Gasteiger partial charge in [-0.1, -0.05) is 0 Å². The number of imide groups is 1. The van der Waals surface area contributed by atoms with E-state index in [1.54, 1.807) is 0 Å². The summed E-state index contributed by atoms with van der Waals surface area (Å²) in [5, 5.41) is 2.78. The van der Waals surface area contributed by atoms with Crippen LogP contribution in [0.1, 0.15) is 24.8 Å². The summed E-state index contributed by atoms with van der Waals surface area (Å²) in [6.45, 7) is 1.32. The first-order valence-corrected chi connectivity index (χ1v) is 8.72. The van der Waals surface area contributed by atoms with Crippen molar-refractivity contribution >= 4 is 11.9 Å². The fourth-order valence-electron chi connectivity index (χ4n) is 3.36. The first-order chi connectivity index (χ1) is 12.8. The number of urea groups is 1. The van der Waals surface area contributed by atoms with Crippen LogP contribution in [0.3, 0.4) is 0 Å². The van der Waals surface area contributed by atoms with E-state index in [0.717, 1.165) is 23.8 Å². The molecule has 148 valence electrons. The van der Waals surface area contributed by atoms with Crippen LogP contribution >= 0.6 is 0 Å². The van der Waals surface area contributed by atoms with Crippen molar-refractivity contribution in [3.63, 3.8) is 0 Å². The highest BCUT2D eigenvalue weighted by Gasteiger charge is 2.37. The zero-order valence-electron chi connectivity index (χ0n) is 14.8. The first kappa shape index (κ1) is 19.4. The Morgan fingerprint density at radius 2 is 2.15 bits per heavy atom. The molecular formula is C17H21F3N4O3. The Labute approximate surface area is 154 Å². The lowest BCUT2D eigenvalue weighted by Gasteiger charge is -2.41. The van der Waals surface area contributed by atoms with Gasteiger partial charge in [-0.15, -0.1) is 0 Å². The van der Waals surface area contributed by atoms with Crippen LogP contribution in [0.5, 0.6) is 5.88 Å². The number of aromatic nitrogens is 1. The molecule has 3 heterocycles. The first-order valence-electron chi connectivity index (χ1n) is 8.72. The summed E-state index contributed by atoms with van der Waals surface area (Å²) in [6, 6.07) is 1.71. The Morgan fingerprint density at radius 1 is 1.37 bits per heavy atom. The molecule has 7 nitrogen and oxygen atoms in total. The predicted octanol–water partition coefficient (Wildman–Crippen LogP) is 2.09. The van der Waals surface area contributed by atoms with Gasteiger partial charge in [0.2, 0.25) is 11.8 Å². The Balaban J connectivity index is 1.60. The van der Waals surface area contributed by atoms with Gasteiger partial charge in [0, 0.05) is 32.3 Å². The van der Waals surface area contributed by atoms with Gasteiger partial charge in [-0.2, -0.15) is 13.2 Å². The Kier molecular flexibility index (Phi) is 5.54. The highest BCUT2D eigenvalue weighted by Crippen LogP contribution is 2.35. The number of pyridine rings is 1. The van der Waals surface area contributed by atoms with Gasteiger partial charge >= 0.3 is 12.2 Å². The van der Waals surface area contributed by atoms with E-state index in [0.29, 0.717) is 13.1 Å². The Bertz CT molecular complexity index is 695. The van der Waals surface area contributed by atoms with Crippen LogP contribution in [-0.2, 0) is 11.0 Å². The fourth-order valence-corrected chi connectivity index (χ4v) is 3.36. The topological polar surface area (TPSA) is 74.8 Å². The minimum atomic E-state index is -4.53. The molecule has 2 unspecified atom stereocenters. The van der Waals surface area contributed by atoms with Crippen molar-refractivity contribution < 1.29 is 27.5 Å². The van der Waals surface area contributed by atoms with Crippen molar-refractivity contribution in [3.8, 4) is 5.88 Å². The zero-order chi connectivity index (χ0) is 19.6. The lowest BCUT2D eigenvalue weighted by Crippen LogP contribution is -2.60. The molecule has 3 rings (SSSR count). The van der Waals surface area contributed by atoms with E-state index in [2.05, 4.69) is 10.3 Å². The maximum atomic E-state index is 13.0. The van der Waals surface area contributed by atoms with Crippen molar-refractivity contribution in [1.29, 1.82) is 0 Å². The van der Waals surface area contributed by atoms with Gasteiger partial charge in [0.05, 0.1) is 19.2 Å². The summed E-state index contributed by atoms with van der Waals surface area (Å²) in [6.07, 6.45) is -1.89. The molecule has 1 N–H and O–H groups in total. The number of rotatable bonds is 4. The lowest BCUT2D eigenvalue weighted by molar-refractivity contribution is -0.139. The number of piperidine rings is 1. The average molecular weight is 386 g/mol. The van der Waals surface area contributed by atoms with Gasteiger partial charge in [0.1, 0.15) is 5.56 Å². The van der Waals surface area contributed by atoms with Crippen LogP contribution in [0, 0.1) is 5.92 Å². The van der Waals surface area contributed by atoms with Crippen molar-refractivity contribution in [2.45, 2.75) is 31.6 Å².